The molecular weight excluding hydrogens is 418 g/mol. The number of rotatable bonds is 6. The molecule has 1 amide bonds. The first-order chi connectivity index (χ1) is 14.2. The standard InChI is InChI=1S/C20H21ClF2N4O3/c1-11-3-14(30-26-11)9-29-18-6-16-12(5-15(18)21)4-13(25-16)8-24-19(28)17-7-20(22,23)10-27(17)2/h3-6,17,25H,7-10H2,1-2H3,(H,24,28). The number of aromatic nitrogens is 2. The van der Waals surface area contributed by atoms with Crippen LogP contribution in [0.1, 0.15) is 23.6 Å². The van der Waals surface area contributed by atoms with Crippen LogP contribution in [0.2, 0.25) is 5.02 Å². The van der Waals surface area contributed by atoms with Crippen LogP contribution in [-0.2, 0) is 17.9 Å². The number of likely N-dealkylation sites (tertiary alicyclic amines) is 1. The summed E-state index contributed by atoms with van der Waals surface area (Å²) in [6.07, 6.45) is -0.469. The lowest BCUT2D eigenvalue weighted by Gasteiger charge is -2.17. The molecule has 0 radical (unpaired) electrons. The summed E-state index contributed by atoms with van der Waals surface area (Å²) in [4.78, 5) is 16.9. The second-order valence-electron chi connectivity index (χ2n) is 7.60. The Balaban J connectivity index is 1.41. The summed E-state index contributed by atoms with van der Waals surface area (Å²) in [7, 11) is 1.53. The van der Waals surface area contributed by atoms with E-state index in [0.717, 1.165) is 22.3 Å². The van der Waals surface area contributed by atoms with Crippen LogP contribution >= 0.6 is 11.6 Å². The minimum atomic E-state index is -2.84. The number of H-pyrrole nitrogens is 1. The van der Waals surface area contributed by atoms with Crippen LogP contribution in [0, 0.1) is 6.92 Å². The number of nitrogens with one attached hydrogen (secondary N) is 2. The van der Waals surface area contributed by atoms with Gasteiger partial charge in [-0.05, 0) is 26.1 Å². The van der Waals surface area contributed by atoms with Crippen molar-refractivity contribution < 1.29 is 22.8 Å². The van der Waals surface area contributed by atoms with E-state index in [0.29, 0.717) is 16.5 Å². The highest BCUT2D eigenvalue weighted by molar-refractivity contribution is 6.32. The monoisotopic (exact) mass is 438 g/mol. The second kappa shape index (κ2) is 7.88. The lowest BCUT2D eigenvalue weighted by molar-refractivity contribution is -0.125. The van der Waals surface area contributed by atoms with Crippen molar-refractivity contribution in [1.82, 2.24) is 20.4 Å². The lowest BCUT2D eigenvalue weighted by atomic mass is 10.2. The summed E-state index contributed by atoms with van der Waals surface area (Å²) >= 11 is 6.31. The molecule has 1 saturated heterocycles. The Morgan fingerprint density at radius 1 is 1.43 bits per heavy atom. The number of fused-ring (bicyclic) bond motifs is 1. The van der Waals surface area contributed by atoms with Crippen molar-refractivity contribution in [3.05, 3.63) is 46.4 Å². The molecule has 0 spiro atoms. The molecule has 3 aromatic rings. The van der Waals surface area contributed by atoms with Crippen LogP contribution in [0.4, 0.5) is 8.78 Å². The summed E-state index contributed by atoms with van der Waals surface area (Å²) in [6.45, 7) is 1.79. The number of amides is 1. The van der Waals surface area contributed by atoms with Gasteiger partial charge in [-0.3, -0.25) is 9.69 Å². The van der Waals surface area contributed by atoms with E-state index in [-0.39, 0.29) is 13.2 Å². The first kappa shape index (κ1) is 20.6. The van der Waals surface area contributed by atoms with Crippen molar-refractivity contribution in [1.29, 1.82) is 0 Å². The Bertz CT molecular complexity index is 1080. The summed E-state index contributed by atoms with van der Waals surface area (Å²) in [5.74, 6) is -2.20. The van der Waals surface area contributed by atoms with Crippen LogP contribution in [0.5, 0.6) is 5.75 Å². The van der Waals surface area contributed by atoms with Gasteiger partial charge in [0.15, 0.2) is 5.76 Å². The van der Waals surface area contributed by atoms with Gasteiger partial charge >= 0.3 is 0 Å². The van der Waals surface area contributed by atoms with E-state index in [2.05, 4.69) is 15.5 Å². The maximum absolute atomic E-state index is 13.5. The maximum atomic E-state index is 13.5. The van der Waals surface area contributed by atoms with Gasteiger partial charge in [0.2, 0.25) is 5.91 Å². The SMILES string of the molecule is Cc1cc(COc2cc3[nH]c(CNC(=O)C4CC(F)(F)CN4C)cc3cc2Cl)on1. The first-order valence-corrected chi connectivity index (χ1v) is 9.80. The third-order valence-electron chi connectivity index (χ3n) is 5.04. The van der Waals surface area contributed by atoms with E-state index < -0.39 is 30.8 Å². The van der Waals surface area contributed by atoms with Crippen molar-refractivity contribution >= 4 is 28.4 Å². The number of alkyl halides is 2. The van der Waals surface area contributed by atoms with Crippen molar-refractivity contribution in [2.75, 3.05) is 13.6 Å². The fourth-order valence-corrected chi connectivity index (χ4v) is 3.83. The van der Waals surface area contributed by atoms with Gasteiger partial charge in [0.25, 0.3) is 5.92 Å². The third kappa shape index (κ3) is 4.41. The quantitative estimate of drug-likeness (QED) is 0.613. The molecule has 0 saturated carbocycles. The highest BCUT2D eigenvalue weighted by Crippen LogP contribution is 2.32. The number of likely N-dealkylation sites (N-methyl/N-ethyl adjacent to an activating group) is 1. The summed E-state index contributed by atoms with van der Waals surface area (Å²) in [6, 6.07) is 6.30. The number of halogens is 3. The molecule has 1 aliphatic heterocycles. The number of carbonyl (C=O) groups excluding carboxylic acids is 1. The summed E-state index contributed by atoms with van der Waals surface area (Å²) in [5, 5.41) is 7.80. The largest absolute Gasteiger partial charge is 0.484 e. The van der Waals surface area contributed by atoms with Crippen LogP contribution in [0.15, 0.2) is 28.8 Å². The molecule has 0 aliphatic carbocycles. The molecule has 160 valence electrons. The number of aryl methyl sites for hydroxylation is 1. The Hall–Kier alpha value is -2.65. The van der Waals surface area contributed by atoms with E-state index in [4.69, 9.17) is 20.9 Å². The Morgan fingerprint density at radius 2 is 2.23 bits per heavy atom. The molecule has 0 bridgehead atoms. The molecule has 1 aliphatic rings. The van der Waals surface area contributed by atoms with Crippen molar-refractivity contribution in [3.63, 3.8) is 0 Å². The second-order valence-corrected chi connectivity index (χ2v) is 8.00. The fourth-order valence-electron chi connectivity index (χ4n) is 3.60. The van der Waals surface area contributed by atoms with Gasteiger partial charge in [0.05, 0.1) is 29.8 Å². The predicted octanol–water partition coefficient (Wildman–Crippen LogP) is 3.65. The number of nitrogens with zero attached hydrogens (tertiary/aromatic N) is 2. The molecule has 2 N–H and O–H groups in total. The molecular formula is C20H21ClF2N4O3. The smallest absolute Gasteiger partial charge is 0.262 e. The van der Waals surface area contributed by atoms with Crippen molar-refractivity contribution in [2.45, 2.75) is 38.5 Å². The molecule has 3 heterocycles. The Kier molecular flexibility index (Phi) is 5.42. The minimum Gasteiger partial charge on any atom is -0.484 e. The van der Waals surface area contributed by atoms with Gasteiger partial charge in [-0.2, -0.15) is 0 Å². The van der Waals surface area contributed by atoms with E-state index in [1.807, 2.05) is 13.0 Å². The van der Waals surface area contributed by atoms with Gasteiger partial charge in [0, 0.05) is 35.2 Å². The highest BCUT2D eigenvalue weighted by atomic mass is 35.5. The number of benzene rings is 1. The first-order valence-electron chi connectivity index (χ1n) is 9.42. The van der Waals surface area contributed by atoms with Crippen LogP contribution in [-0.4, -0.2) is 46.5 Å². The average Bonchev–Trinajstić information content (AvgIpc) is 3.34. The molecule has 1 atom stereocenters. The minimum absolute atomic E-state index is 0.189. The molecule has 10 heteroatoms. The highest BCUT2D eigenvalue weighted by Gasteiger charge is 2.46. The molecule has 2 aromatic heterocycles. The molecule has 30 heavy (non-hydrogen) atoms. The Labute approximate surface area is 176 Å². The maximum Gasteiger partial charge on any atom is 0.262 e. The zero-order valence-electron chi connectivity index (χ0n) is 16.5. The molecule has 1 unspecified atom stereocenters. The van der Waals surface area contributed by atoms with Gasteiger partial charge in [0.1, 0.15) is 12.4 Å². The topological polar surface area (TPSA) is 83.4 Å². The Morgan fingerprint density at radius 3 is 2.90 bits per heavy atom. The van der Waals surface area contributed by atoms with Crippen molar-refractivity contribution in [3.8, 4) is 5.75 Å². The number of carbonyl (C=O) groups is 1. The van der Waals surface area contributed by atoms with E-state index in [1.165, 1.54) is 11.9 Å². The van der Waals surface area contributed by atoms with Gasteiger partial charge in [-0.15, -0.1) is 0 Å². The fraction of sp³-hybridized carbons (Fsp3) is 0.400. The van der Waals surface area contributed by atoms with Gasteiger partial charge in [-0.25, -0.2) is 8.78 Å². The summed E-state index contributed by atoms with van der Waals surface area (Å²) < 4.78 is 37.8. The van der Waals surface area contributed by atoms with E-state index in [1.54, 1.807) is 18.2 Å². The zero-order valence-corrected chi connectivity index (χ0v) is 17.2. The number of hydrogen-bond acceptors (Lipinski definition) is 5. The predicted molar refractivity (Wildman–Crippen MR) is 107 cm³/mol. The summed E-state index contributed by atoms with van der Waals surface area (Å²) in [5.41, 5.74) is 2.26. The molecule has 1 aromatic carbocycles. The third-order valence-corrected chi connectivity index (χ3v) is 5.33. The molecule has 4 rings (SSSR count). The lowest BCUT2D eigenvalue weighted by Crippen LogP contribution is -2.41. The van der Waals surface area contributed by atoms with Crippen LogP contribution < -0.4 is 10.1 Å². The molecule has 1 fully saturated rings. The van der Waals surface area contributed by atoms with Crippen LogP contribution in [0.25, 0.3) is 10.9 Å². The van der Waals surface area contributed by atoms with E-state index in [9.17, 15) is 13.6 Å². The average molecular weight is 439 g/mol. The molecule has 7 nitrogen and oxygen atoms in total. The van der Waals surface area contributed by atoms with Gasteiger partial charge < -0.3 is 19.6 Å². The number of hydrogen-bond donors (Lipinski definition) is 2. The van der Waals surface area contributed by atoms with Crippen molar-refractivity contribution in [2.24, 2.45) is 0 Å². The number of aromatic amines is 1. The van der Waals surface area contributed by atoms with E-state index >= 15 is 0 Å². The zero-order chi connectivity index (χ0) is 21.5. The normalized spacial score (nSPS) is 18.8. The van der Waals surface area contributed by atoms with Crippen LogP contribution in [0.3, 0.4) is 0 Å². The van der Waals surface area contributed by atoms with Gasteiger partial charge in [-0.1, -0.05) is 16.8 Å². The number of ether oxygens (including phenoxy) is 1.